The molecule has 0 saturated carbocycles. The fourth-order valence-electron chi connectivity index (χ4n) is 1.57. The molecular weight excluding hydrogens is 122 g/mol. The molecule has 1 aliphatic heterocycles. The second-order valence-electron chi connectivity index (χ2n) is 4.67. The predicted octanol–water partition coefficient (Wildman–Crippen LogP) is 2.03. The Hall–Kier alpha value is -0.0400. The number of hydrogen-bond acceptors (Lipinski definition) is 1. The van der Waals surface area contributed by atoms with Gasteiger partial charge in [-0.05, 0) is 24.3 Å². The van der Waals surface area contributed by atoms with Crippen LogP contribution in [-0.4, -0.2) is 12.6 Å². The second-order valence-corrected chi connectivity index (χ2v) is 4.67. The van der Waals surface area contributed by atoms with Crippen molar-refractivity contribution in [3.05, 3.63) is 0 Å². The summed E-state index contributed by atoms with van der Waals surface area (Å²) in [6.45, 7) is 10.5. The number of nitrogens with one attached hydrogen (secondary N) is 1. The third-order valence-corrected chi connectivity index (χ3v) is 2.40. The molecule has 0 aromatic carbocycles. The molecule has 0 bridgehead atoms. The van der Waals surface area contributed by atoms with E-state index in [1.807, 2.05) is 0 Å². The van der Waals surface area contributed by atoms with E-state index in [0.717, 1.165) is 12.0 Å². The lowest BCUT2D eigenvalue weighted by Gasteiger charge is -2.26. The van der Waals surface area contributed by atoms with Gasteiger partial charge in [0.05, 0.1) is 0 Å². The van der Waals surface area contributed by atoms with Crippen LogP contribution >= 0.6 is 0 Å². The molecule has 1 aliphatic rings. The molecular formula is C9H19N. The Morgan fingerprint density at radius 3 is 2.10 bits per heavy atom. The Morgan fingerprint density at radius 1 is 1.30 bits per heavy atom. The van der Waals surface area contributed by atoms with Crippen molar-refractivity contribution in [3.8, 4) is 0 Å². The summed E-state index contributed by atoms with van der Waals surface area (Å²) >= 11 is 0. The van der Waals surface area contributed by atoms with Gasteiger partial charge in [0, 0.05) is 6.04 Å². The van der Waals surface area contributed by atoms with Crippen molar-refractivity contribution in [2.75, 3.05) is 6.54 Å². The van der Waals surface area contributed by atoms with Gasteiger partial charge in [0.25, 0.3) is 0 Å². The summed E-state index contributed by atoms with van der Waals surface area (Å²) in [5.74, 6) is 0.879. The fourth-order valence-corrected chi connectivity index (χ4v) is 1.57. The molecule has 1 heteroatoms. The van der Waals surface area contributed by atoms with Gasteiger partial charge in [0.1, 0.15) is 0 Å². The highest BCUT2D eigenvalue weighted by Gasteiger charge is 2.30. The molecule has 0 aliphatic carbocycles. The highest BCUT2D eigenvalue weighted by Crippen LogP contribution is 2.28. The van der Waals surface area contributed by atoms with E-state index in [4.69, 9.17) is 0 Å². The van der Waals surface area contributed by atoms with Crippen LogP contribution in [0.3, 0.4) is 0 Å². The summed E-state index contributed by atoms with van der Waals surface area (Å²) in [4.78, 5) is 0. The lowest BCUT2D eigenvalue weighted by atomic mass is 9.85. The van der Waals surface area contributed by atoms with E-state index >= 15 is 0 Å². The first-order valence-electron chi connectivity index (χ1n) is 4.23. The fraction of sp³-hybridized carbons (Fsp3) is 1.00. The summed E-state index contributed by atoms with van der Waals surface area (Å²) in [6.07, 6.45) is 1.35. The summed E-state index contributed by atoms with van der Waals surface area (Å²) in [5.41, 5.74) is 0.449. The Kier molecular flexibility index (Phi) is 2.04. The molecule has 1 fully saturated rings. The Labute approximate surface area is 64.2 Å². The van der Waals surface area contributed by atoms with Crippen LogP contribution in [0.2, 0.25) is 0 Å². The average molecular weight is 141 g/mol. The molecule has 1 rings (SSSR count). The zero-order chi connectivity index (χ0) is 7.78. The molecule has 0 radical (unpaired) electrons. The van der Waals surface area contributed by atoms with Gasteiger partial charge in [-0.15, -0.1) is 0 Å². The van der Waals surface area contributed by atoms with Crippen LogP contribution in [0.5, 0.6) is 0 Å². The first-order chi connectivity index (χ1) is 4.50. The van der Waals surface area contributed by atoms with Crippen LogP contribution in [0.25, 0.3) is 0 Å². The summed E-state index contributed by atoms with van der Waals surface area (Å²) in [7, 11) is 0. The van der Waals surface area contributed by atoms with E-state index in [2.05, 4.69) is 33.0 Å². The van der Waals surface area contributed by atoms with Gasteiger partial charge in [-0.1, -0.05) is 27.7 Å². The van der Waals surface area contributed by atoms with Gasteiger partial charge in [-0.25, -0.2) is 0 Å². The van der Waals surface area contributed by atoms with E-state index in [0.29, 0.717) is 5.41 Å². The Bertz CT molecular complexity index is 112. The average Bonchev–Trinajstić information content (AvgIpc) is 2.11. The zero-order valence-corrected chi connectivity index (χ0v) is 7.57. The topological polar surface area (TPSA) is 12.0 Å². The van der Waals surface area contributed by atoms with Gasteiger partial charge in [0.2, 0.25) is 0 Å². The van der Waals surface area contributed by atoms with Crippen LogP contribution in [0.1, 0.15) is 34.1 Å². The third-order valence-electron chi connectivity index (χ3n) is 2.40. The summed E-state index contributed by atoms with van der Waals surface area (Å²) in [6, 6.07) is 0.738. The maximum atomic E-state index is 3.55. The van der Waals surface area contributed by atoms with Gasteiger partial charge < -0.3 is 5.32 Å². The van der Waals surface area contributed by atoms with E-state index in [9.17, 15) is 0 Å². The first-order valence-corrected chi connectivity index (χ1v) is 4.23. The molecule has 60 valence electrons. The number of rotatable bonds is 0. The van der Waals surface area contributed by atoms with Crippen molar-refractivity contribution in [3.63, 3.8) is 0 Å². The maximum absolute atomic E-state index is 3.55. The molecule has 0 amide bonds. The molecule has 0 aromatic heterocycles. The van der Waals surface area contributed by atoms with Crippen molar-refractivity contribution in [2.24, 2.45) is 11.3 Å². The van der Waals surface area contributed by atoms with Crippen LogP contribution < -0.4 is 5.32 Å². The van der Waals surface area contributed by atoms with Crippen LogP contribution in [0.4, 0.5) is 0 Å². The monoisotopic (exact) mass is 141 g/mol. The van der Waals surface area contributed by atoms with Gasteiger partial charge in [-0.3, -0.25) is 0 Å². The standard InChI is InChI=1S/C9H19N/c1-7-5-8(10-6-7)9(2,3)4/h7-8,10H,5-6H2,1-4H3/t7-,8+/m0/s1. The van der Waals surface area contributed by atoms with Gasteiger partial charge in [-0.2, -0.15) is 0 Å². The van der Waals surface area contributed by atoms with Crippen molar-refractivity contribution in [2.45, 2.75) is 40.2 Å². The lowest BCUT2D eigenvalue weighted by molar-refractivity contribution is 0.291. The van der Waals surface area contributed by atoms with Crippen molar-refractivity contribution in [1.82, 2.24) is 5.32 Å². The van der Waals surface area contributed by atoms with E-state index in [1.165, 1.54) is 13.0 Å². The minimum atomic E-state index is 0.449. The Morgan fingerprint density at radius 2 is 1.90 bits per heavy atom. The van der Waals surface area contributed by atoms with Crippen molar-refractivity contribution in [1.29, 1.82) is 0 Å². The molecule has 1 saturated heterocycles. The molecule has 10 heavy (non-hydrogen) atoms. The van der Waals surface area contributed by atoms with Crippen LogP contribution in [0.15, 0.2) is 0 Å². The predicted molar refractivity (Wildman–Crippen MR) is 45.0 cm³/mol. The highest BCUT2D eigenvalue weighted by atomic mass is 15.0. The normalized spacial score (nSPS) is 34.8. The third kappa shape index (κ3) is 1.72. The summed E-state index contributed by atoms with van der Waals surface area (Å²) in [5, 5.41) is 3.55. The lowest BCUT2D eigenvalue weighted by Crippen LogP contribution is -2.34. The smallest absolute Gasteiger partial charge is 0.0119 e. The van der Waals surface area contributed by atoms with Crippen molar-refractivity contribution >= 4 is 0 Å². The minimum Gasteiger partial charge on any atom is -0.313 e. The van der Waals surface area contributed by atoms with Gasteiger partial charge in [0.15, 0.2) is 0 Å². The summed E-state index contributed by atoms with van der Waals surface area (Å²) < 4.78 is 0. The van der Waals surface area contributed by atoms with Crippen LogP contribution in [0, 0.1) is 11.3 Å². The molecule has 1 nitrogen and oxygen atoms in total. The van der Waals surface area contributed by atoms with E-state index in [-0.39, 0.29) is 0 Å². The second kappa shape index (κ2) is 2.54. The van der Waals surface area contributed by atoms with Crippen LogP contribution in [-0.2, 0) is 0 Å². The molecule has 1 heterocycles. The van der Waals surface area contributed by atoms with Crippen molar-refractivity contribution < 1.29 is 0 Å². The van der Waals surface area contributed by atoms with Gasteiger partial charge >= 0.3 is 0 Å². The zero-order valence-electron chi connectivity index (χ0n) is 7.57. The largest absolute Gasteiger partial charge is 0.313 e. The quantitative estimate of drug-likeness (QED) is 0.544. The molecule has 0 spiro atoms. The Balaban J connectivity index is 2.45. The first kappa shape index (κ1) is 8.06. The molecule has 0 aromatic rings. The molecule has 2 atom stereocenters. The van der Waals surface area contributed by atoms with E-state index in [1.54, 1.807) is 0 Å². The number of hydrogen-bond donors (Lipinski definition) is 1. The molecule has 0 unspecified atom stereocenters. The van der Waals surface area contributed by atoms with E-state index < -0.39 is 0 Å². The minimum absolute atomic E-state index is 0.449. The SMILES string of the molecule is C[C@@H]1CN[C@@H](C(C)(C)C)C1. The highest BCUT2D eigenvalue weighted by molar-refractivity contribution is 4.87. The maximum Gasteiger partial charge on any atom is 0.0119 e. The molecule has 1 N–H and O–H groups in total.